The summed E-state index contributed by atoms with van der Waals surface area (Å²) < 4.78 is 1.16. The van der Waals surface area contributed by atoms with E-state index in [1.54, 1.807) is 0 Å². The molecule has 0 amide bonds. The van der Waals surface area contributed by atoms with Crippen molar-refractivity contribution in [3.63, 3.8) is 0 Å². The second kappa shape index (κ2) is 5.89. The minimum atomic E-state index is 0.243. The molecule has 2 aromatic carbocycles. The van der Waals surface area contributed by atoms with Crippen molar-refractivity contribution in [3.05, 3.63) is 68.7 Å². The van der Waals surface area contributed by atoms with Crippen molar-refractivity contribution in [2.75, 3.05) is 7.05 Å². The van der Waals surface area contributed by atoms with Gasteiger partial charge in [-0.2, -0.15) is 0 Å². The van der Waals surface area contributed by atoms with Crippen LogP contribution in [0.15, 0.2) is 40.9 Å². The summed E-state index contributed by atoms with van der Waals surface area (Å²) in [5.74, 6) is 0. The van der Waals surface area contributed by atoms with Gasteiger partial charge in [-0.3, -0.25) is 0 Å². The van der Waals surface area contributed by atoms with Crippen LogP contribution in [-0.4, -0.2) is 7.05 Å². The highest BCUT2D eigenvalue weighted by molar-refractivity contribution is 9.10. The standard InChI is InChI=1S/C17H20BrN/c1-11-5-7-15(12(2)9-11)17(19-4)14-6-8-16(18)13(3)10-14/h5-10,17,19H,1-4H3. The summed E-state index contributed by atoms with van der Waals surface area (Å²) in [5.41, 5.74) is 6.55. The van der Waals surface area contributed by atoms with E-state index in [0.717, 1.165) is 4.47 Å². The molecule has 19 heavy (non-hydrogen) atoms. The molecule has 0 bridgehead atoms. The molecule has 2 heteroatoms. The van der Waals surface area contributed by atoms with Crippen molar-refractivity contribution >= 4 is 15.9 Å². The van der Waals surface area contributed by atoms with Crippen molar-refractivity contribution in [1.82, 2.24) is 5.32 Å². The van der Waals surface area contributed by atoms with Gasteiger partial charge in [0.05, 0.1) is 6.04 Å². The molecule has 0 heterocycles. The lowest BCUT2D eigenvalue weighted by atomic mass is 9.93. The Balaban J connectivity index is 2.46. The fourth-order valence-corrected chi connectivity index (χ4v) is 2.75. The third-order valence-corrected chi connectivity index (χ3v) is 4.43. The van der Waals surface area contributed by atoms with Gasteiger partial charge in [0.25, 0.3) is 0 Å². The van der Waals surface area contributed by atoms with Gasteiger partial charge in [0.2, 0.25) is 0 Å². The number of aryl methyl sites for hydroxylation is 3. The molecule has 0 saturated heterocycles. The molecule has 0 spiro atoms. The highest BCUT2D eigenvalue weighted by Gasteiger charge is 2.14. The van der Waals surface area contributed by atoms with E-state index in [1.165, 1.54) is 27.8 Å². The summed E-state index contributed by atoms with van der Waals surface area (Å²) in [4.78, 5) is 0. The second-order valence-electron chi connectivity index (χ2n) is 5.09. The number of benzene rings is 2. The van der Waals surface area contributed by atoms with E-state index in [-0.39, 0.29) is 6.04 Å². The van der Waals surface area contributed by atoms with Crippen molar-refractivity contribution in [1.29, 1.82) is 0 Å². The molecule has 0 aliphatic rings. The Morgan fingerprint density at radius 3 is 2.26 bits per heavy atom. The van der Waals surface area contributed by atoms with Crippen molar-refractivity contribution < 1.29 is 0 Å². The second-order valence-corrected chi connectivity index (χ2v) is 5.94. The summed E-state index contributed by atoms with van der Waals surface area (Å²) in [5, 5.41) is 3.43. The van der Waals surface area contributed by atoms with Crippen LogP contribution in [0.3, 0.4) is 0 Å². The number of hydrogen-bond acceptors (Lipinski definition) is 1. The van der Waals surface area contributed by atoms with Gasteiger partial charge < -0.3 is 5.32 Å². The Kier molecular flexibility index (Phi) is 4.43. The molecular formula is C17H20BrN. The lowest BCUT2D eigenvalue weighted by Gasteiger charge is -2.20. The fourth-order valence-electron chi connectivity index (χ4n) is 2.50. The van der Waals surface area contributed by atoms with Crippen LogP contribution in [0, 0.1) is 20.8 Å². The molecule has 1 N–H and O–H groups in total. The van der Waals surface area contributed by atoms with E-state index >= 15 is 0 Å². The Morgan fingerprint density at radius 2 is 1.68 bits per heavy atom. The molecule has 0 saturated carbocycles. The van der Waals surface area contributed by atoms with Crippen LogP contribution in [0.25, 0.3) is 0 Å². The third kappa shape index (κ3) is 3.07. The smallest absolute Gasteiger partial charge is 0.0577 e. The summed E-state index contributed by atoms with van der Waals surface area (Å²) in [6.45, 7) is 6.44. The molecule has 0 aliphatic carbocycles. The van der Waals surface area contributed by atoms with Crippen LogP contribution >= 0.6 is 15.9 Å². The highest BCUT2D eigenvalue weighted by atomic mass is 79.9. The van der Waals surface area contributed by atoms with Gasteiger partial charge in [0.15, 0.2) is 0 Å². The van der Waals surface area contributed by atoms with Crippen molar-refractivity contribution in [2.24, 2.45) is 0 Å². The zero-order valence-electron chi connectivity index (χ0n) is 11.9. The number of halogens is 1. The Bertz CT molecular complexity index is 590. The fraction of sp³-hybridized carbons (Fsp3) is 0.294. The maximum atomic E-state index is 3.56. The lowest BCUT2D eigenvalue weighted by molar-refractivity contribution is 0.686. The molecule has 1 atom stereocenters. The normalized spacial score (nSPS) is 12.5. The van der Waals surface area contributed by atoms with Gasteiger partial charge in [-0.05, 0) is 56.1 Å². The first-order valence-corrected chi connectivity index (χ1v) is 7.32. The average Bonchev–Trinajstić information content (AvgIpc) is 2.37. The SMILES string of the molecule is CNC(c1ccc(Br)c(C)c1)c1ccc(C)cc1C. The molecule has 2 rings (SSSR count). The number of hydrogen-bond donors (Lipinski definition) is 1. The van der Waals surface area contributed by atoms with E-state index in [4.69, 9.17) is 0 Å². The predicted octanol–water partition coefficient (Wildman–Crippen LogP) is 4.68. The van der Waals surface area contributed by atoms with Crippen LogP contribution in [0.4, 0.5) is 0 Å². The summed E-state index contributed by atoms with van der Waals surface area (Å²) in [6.07, 6.45) is 0. The zero-order valence-corrected chi connectivity index (χ0v) is 13.5. The summed E-state index contributed by atoms with van der Waals surface area (Å²) in [6, 6.07) is 13.4. The quantitative estimate of drug-likeness (QED) is 0.866. The van der Waals surface area contributed by atoms with Crippen molar-refractivity contribution in [2.45, 2.75) is 26.8 Å². The molecule has 1 unspecified atom stereocenters. The first-order valence-electron chi connectivity index (χ1n) is 6.53. The minimum Gasteiger partial charge on any atom is -0.309 e. The Morgan fingerprint density at radius 1 is 0.947 bits per heavy atom. The van der Waals surface area contributed by atoms with E-state index in [1.807, 2.05) is 7.05 Å². The average molecular weight is 318 g/mol. The van der Waals surface area contributed by atoms with E-state index < -0.39 is 0 Å². The molecule has 0 aliphatic heterocycles. The van der Waals surface area contributed by atoms with Crippen LogP contribution in [0.2, 0.25) is 0 Å². The van der Waals surface area contributed by atoms with E-state index in [9.17, 15) is 0 Å². The number of nitrogens with one attached hydrogen (secondary N) is 1. The highest BCUT2D eigenvalue weighted by Crippen LogP contribution is 2.28. The summed E-state index contributed by atoms with van der Waals surface area (Å²) in [7, 11) is 2.02. The van der Waals surface area contributed by atoms with E-state index in [0.29, 0.717) is 0 Å². The lowest BCUT2D eigenvalue weighted by Crippen LogP contribution is -2.18. The molecule has 0 aromatic heterocycles. The van der Waals surface area contributed by atoms with Crippen LogP contribution < -0.4 is 5.32 Å². The van der Waals surface area contributed by atoms with Crippen molar-refractivity contribution in [3.8, 4) is 0 Å². The van der Waals surface area contributed by atoms with Gasteiger partial charge in [0, 0.05) is 4.47 Å². The van der Waals surface area contributed by atoms with Gasteiger partial charge in [-0.25, -0.2) is 0 Å². The van der Waals surface area contributed by atoms with Gasteiger partial charge >= 0.3 is 0 Å². The molecular weight excluding hydrogens is 298 g/mol. The zero-order chi connectivity index (χ0) is 14.0. The van der Waals surface area contributed by atoms with E-state index in [2.05, 4.69) is 78.4 Å². The predicted molar refractivity (Wildman–Crippen MR) is 85.7 cm³/mol. The first kappa shape index (κ1) is 14.3. The summed E-state index contributed by atoms with van der Waals surface area (Å²) >= 11 is 3.56. The Labute approximate surface area is 124 Å². The first-order chi connectivity index (χ1) is 9.02. The minimum absolute atomic E-state index is 0.243. The maximum absolute atomic E-state index is 3.56. The van der Waals surface area contributed by atoms with Crippen LogP contribution in [0.1, 0.15) is 33.9 Å². The third-order valence-electron chi connectivity index (χ3n) is 3.54. The number of rotatable bonds is 3. The van der Waals surface area contributed by atoms with Gasteiger partial charge in [-0.1, -0.05) is 51.8 Å². The van der Waals surface area contributed by atoms with Crippen LogP contribution in [0.5, 0.6) is 0 Å². The van der Waals surface area contributed by atoms with Crippen LogP contribution in [-0.2, 0) is 0 Å². The molecule has 0 radical (unpaired) electrons. The molecule has 0 fully saturated rings. The molecule has 1 nitrogen and oxygen atoms in total. The van der Waals surface area contributed by atoms with Gasteiger partial charge in [0.1, 0.15) is 0 Å². The van der Waals surface area contributed by atoms with Gasteiger partial charge in [-0.15, -0.1) is 0 Å². The largest absolute Gasteiger partial charge is 0.309 e. The molecule has 2 aromatic rings. The Hall–Kier alpha value is -1.12. The molecule has 100 valence electrons. The topological polar surface area (TPSA) is 12.0 Å². The monoisotopic (exact) mass is 317 g/mol. The maximum Gasteiger partial charge on any atom is 0.0577 e.